The first-order valence-electron chi connectivity index (χ1n) is 4.59. The number of nitrogens with zero attached hydrogens (tertiary/aromatic N) is 4. The third kappa shape index (κ3) is 2.90. The average Bonchev–Trinajstić information content (AvgIpc) is 2.26. The molecule has 0 atom stereocenters. The second-order valence-corrected chi connectivity index (χ2v) is 3.20. The van der Waals surface area contributed by atoms with Gasteiger partial charge in [-0.1, -0.05) is 5.11 Å². The fraction of sp³-hybridized carbons (Fsp3) is 0.875. The number of ether oxygens (including phenoxy) is 1. The lowest BCUT2D eigenvalue weighted by atomic mass is 10.1. The van der Waals surface area contributed by atoms with Gasteiger partial charge in [0.15, 0.2) is 0 Å². The number of piperidine rings is 1. The van der Waals surface area contributed by atoms with Crippen LogP contribution in [0.25, 0.3) is 10.4 Å². The van der Waals surface area contributed by atoms with Crippen molar-refractivity contribution in [3.63, 3.8) is 0 Å². The normalized spacial score (nSPS) is 17.6. The van der Waals surface area contributed by atoms with Gasteiger partial charge in [-0.05, 0) is 18.4 Å². The maximum absolute atomic E-state index is 11.4. The predicted octanol–water partition coefficient (Wildman–Crippen LogP) is 0.934. The molecule has 0 radical (unpaired) electrons. The molecule has 6 heteroatoms. The summed E-state index contributed by atoms with van der Waals surface area (Å²) in [5.74, 6) is -0.0997. The first kappa shape index (κ1) is 10.8. The van der Waals surface area contributed by atoms with Crippen LogP contribution < -0.4 is 0 Å². The molecule has 14 heavy (non-hydrogen) atoms. The first-order chi connectivity index (χ1) is 6.77. The van der Waals surface area contributed by atoms with Crippen molar-refractivity contribution in [2.24, 2.45) is 5.11 Å². The molecule has 6 nitrogen and oxygen atoms in total. The van der Waals surface area contributed by atoms with Gasteiger partial charge in [0.25, 0.3) is 0 Å². The van der Waals surface area contributed by atoms with Gasteiger partial charge in [-0.2, -0.15) is 0 Å². The van der Waals surface area contributed by atoms with Gasteiger partial charge in [0, 0.05) is 25.1 Å². The molecule has 1 heterocycles. The number of amides is 1. The predicted molar refractivity (Wildman–Crippen MR) is 50.6 cm³/mol. The Kier molecular flexibility index (Phi) is 4.22. The summed E-state index contributed by atoms with van der Waals surface area (Å²) in [7, 11) is 1.68. The topological polar surface area (TPSA) is 78.3 Å². The maximum atomic E-state index is 11.4. The van der Waals surface area contributed by atoms with Gasteiger partial charge in [-0.3, -0.25) is 4.79 Å². The van der Waals surface area contributed by atoms with Crippen molar-refractivity contribution in [2.75, 3.05) is 26.7 Å². The Bertz CT molecular complexity index is 242. The minimum atomic E-state index is -0.0997. The van der Waals surface area contributed by atoms with E-state index in [1.165, 1.54) is 0 Å². The monoisotopic (exact) mass is 198 g/mol. The zero-order valence-corrected chi connectivity index (χ0v) is 8.22. The summed E-state index contributed by atoms with van der Waals surface area (Å²) in [6.45, 7) is 1.31. The third-order valence-corrected chi connectivity index (χ3v) is 2.40. The van der Waals surface area contributed by atoms with Crippen LogP contribution in [0, 0.1) is 0 Å². The summed E-state index contributed by atoms with van der Waals surface area (Å²) in [6, 6.07) is 0. The summed E-state index contributed by atoms with van der Waals surface area (Å²) in [5.41, 5.74) is 8.06. The highest BCUT2D eigenvalue weighted by atomic mass is 16.5. The average molecular weight is 198 g/mol. The molecule has 0 aromatic heterocycles. The number of carbonyl (C=O) groups is 1. The molecule has 0 spiro atoms. The van der Waals surface area contributed by atoms with Gasteiger partial charge in [0.2, 0.25) is 5.91 Å². The molecule has 1 fully saturated rings. The highest BCUT2D eigenvalue weighted by Gasteiger charge is 2.21. The lowest BCUT2D eigenvalue weighted by Crippen LogP contribution is -2.41. The smallest absolute Gasteiger partial charge is 0.228 e. The van der Waals surface area contributed by atoms with Crippen LogP contribution in [0.2, 0.25) is 0 Å². The van der Waals surface area contributed by atoms with Gasteiger partial charge >= 0.3 is 0 Å². The van der Waals surface area contributed by atoms with Gasteiger partial charge in [0.1, 0.15) is 6.54 Å². The zero-order chi connectivity index (χ0) is 10.4. The number of azide groups is 1. The van der Waals surface area contributed by atoms with Crippen LogP contribution in [0.1, 0.15) is 12.8 Å². The molecule has 78 valence electrons. The van der Waals surface area contributed by atoms with E-state index in [1.54, 1.807) is 12.0 Å². The van der Waals surface area contributed by atoms with Gasteiger partial charge < -0.3 is 9.64 Å². The van der Waals surface area contributed by atoms with Crippen LogP contribution >= 0.6 is 0 Å². The quantitative estimate of drug-likeness (QED) is 0.384. The Hall–Kier alpha value is -1.26. The van der Waals surface area contributed by atoms with Crippen molar-refractivity contribution in [2.45, 2.75) is 18.9 Å². The van der Waals surface area contributed by atoms with Crippen molar-refractivity contribution in [3.8, 4) is 0 Å². The summed E-state index contributed by atoms with van der Waals surface area (Å²) in [4.78, 5) is 15.6. The van der Waals surface area contributed by atoms with E-state index < -0.39 is 0 Å². The maximum Gasteiger partial charge on any atom is 0.228 e. The molecule has 1 aliphatic rings. The molecule has 1 saturated heterocycles. The molecule has 0 aromatic carbocycles. The number of hydrogen-bond donors (Lipinski definition) is 0. The minimum Gasteiger partial charge on any atom is -0.381 e. The van der Waals surface area contributed by atoms with E-state index in [0.29, 0.717) is 13.1 Å². The Morgan fingerprint density at radius 3 is 2.79 bits per heavy atom. The van der Waals surface area contributed by atoms with Crippen molar-refractivity contribution < 1.29 is 9.53 Å². The van der Waals surface area contributed by atoms with Crippen LogP contribution in [0.5, 0.6) is 0 Å². The van der Waals surface area contributed by atoms with E-state index in [0.717, 1.165) is 12.8 Å². The first-order valence-corrected chi connectivity index (χ1v) is 4.59. The van der Waals surface area contributed by atoms with Crippen molar-refractivity contribution in [1.29, 1.82) is 0 Å². The summed E-state index contributed by atoms with van der Waals surface area (Å²) in [6.07, 6.45) is 1.98. The lowest BCUT2D eigenvalue weighted by Gasteiger charge is -2.30. The van der Waals surface area contributed by atoms with Crippen LogP contribution in [-0.2, 0) is 9.53 Å². The van der Waals surface area contributed by atoms with E-state index >= 15 is 0 Å². The van der Waals surface area contributed by atoms with Gasteiger partial charge in [-0.15, -0.1) is 0 Å². The van der Waals surface area contributed by atoms with Gasteiger partial charge in [0.05, 0.1) is 6.10 Å². The largest absolute Gasteiger partial charge is 0.381 e. The molecular formula is C8H14N4O2. The van der Waals surface area contributed by atoms with Crippen LogP contribution in [-0.4, -0.2) is 43.7 Å². The number of carbonyl (C=O) groups excluding carboxylic acids is 1. The second kappa shape index (κ2) is 5.47. The third-order valence-electron chi connectivity index (χ3n) is 2.40. The zero-order valence-electron chi connectivity index (χ0n) is 8.22. The number of hydrogen-bond acceptors (Lipinski definition) is 3. The van der Waals surface area contributed by atoms with Crippen LogP contribution in [0.4, 0.5) is 0 Å². The van der Waals surface area contributed by atoms with Gasteiger partial charge in [-0.25, -0.2) is 0 Å². The van der Waals surface area contributed by atoms with Crippen LogP contribution in [0.3, 0.4) is 0 Å². The minimum absolute atomic E-state index is 0.0752. The number of methoxy groups -OCH3 is 1. The molecular weight excluding hydrogens is 184 g/mol. The SMILES string of the molecule is COC1CCN(C(=O)CN=[N+]=[N-])CC1. The summed E-state index contributed by atoms with van der Waals surface area (Å²) < 4.78 is 5.18. The summed E-state index contributed by atoms with van der Waals surface area (Å²) >= 11 is 0. The fourth-order valence-electron chi connectivity index (χ4n) is 1.53. The fourth-order valence-corrected chi connectivity index (χ4v) is 1.53. The molecule has 0 aromatic rings. The molecule has 1 aliphatic heterocycles. The van der Waals surface area contributed by atoms with E-state index in [4.69, 9.17) is 10.3 Å². The van der Waals surface area contributed by atoms with Crippen molar-refractivity contribution >= 4 is 5.91 Å². The molecule has 0 aliphatic carbocycles. The lowest BCUT2D eigenvalue weighted by molar-refractivity contribution is -0.131. The molecule has 0 unspecified atom stereocenters. The van der Waals surface area contributed by atoms with E-state index in [-0.39, 0.29) is 18.6 Å². The molecule has 1 rings (SSSR count). The Morgan fingerprint density at radius 2 is 2.29 bits per heavy atom. The Morgan fingerprint density at radius 1 is 1.64 bits per heavy atom. The molecule has 0 saturated carbocycles. The summed E-state index contributed by atoms with van der Waals surface area (Å²) in [5, 5.41) is 3.24. The molecule has 0 N–H and O–H groups in total. The molecule has 0 bridgehead atoms. The Labute approximate surface area is 82.5 Å². The van der Waals surface area contributed by atoms with Crippen LogP contribution in [0.15, 0.2) is 5.11 Å². The van der Waals surface area contributed by atoms with Crippen molar-refractivity contribution in [1.82, 2.24) is 4.90 Å². The highest BCUT2D eigenvalue weighted by molar-refractivity contribution is 5.78. The van der Waals surface area contributed by atoms with E-state index in [1.807, 2.05) is 0 Å². The number of rotatable bonds is 3. The highest BCUT2D eigenvalue weighted by Crippen LogP contribution is 2.12. The standard InChI is InChI=1S/C8H14N4O2/c1-14-7-2-4-12(5-3-7)8(13)6-10-11-9/h7H,2-6H2,1H3. The van der Waals surface area contributed by atoms with E-state index in [2.05, 4.69) is 10.0 Å². The Balaban J connectivity index is 2.33. The second-order valence-electron chi connectivity index (χ2n) is 3.20. The van der Waals surface area contributed by atoms with Crippen molar-refractivity contribution in [3.05, 3.63) is 10.4 Å². The number of likely N-dealkylation sites (tertiary alicyclic amines) is 1. The molecule has 1 amide bonds. The van der Waals surface area contributed by atoms with E-state index in [9.17, 15) is 4.79 Å².